The molecule has 0 N–H and O–H groups in total. The van der Waals surface area contributed by atoms with Crippen LogP contribution >= 0.6 is 0 Å². The predicted molar refractivity (Wildman–Crippen MR) is 51.4 cm³/mol. The van der Waals surface area contributed by atoms with Crippen LogP contribution in [0.15, 0.2) is 0 Å². The van der Waals surface area contributed by atoms with E-state index in [2.05, 4.69) is 12.8 Å². The maximum absolute atomic E-state index is 5.39. The van der Waals surface area contributed by atoms with Crippen LogP contribution in [-0.4, -0.2) is 0 Å². The summed E-state index contributed by atoms with van der Waals surface area (Å²) in [6.45, 7) is 6.20. The molecule has 1 aliphatic carbocycles. The van der Waals surface area contributed by atoms with Crippen molar-refractivity contribution in [2.75, 3.05) is 0 Å². The molecule has 0 heterocycles. The minimum absolute atomic E-state index is 0.248. The van der Waals surface area contributed by atoms with E-state index >= 15 is 0 Å². The van der Waals surface area contributed by atoms with E-state index in [-0.39, 0.29) is 5.41 Å². The average Bonchev–Trinajstić information content (AvgIpc) is 2.10. The molecule has 0 spiro atoms. The van der Waals surface area contributed by atoms with Crippen molar-refractivity contribution < 1.29 is 0 Å². The Labute approximate surface area is 71.4 Å². The first-order valence-corrected chi connectivity index (χ1v) is 4.75. The highest BCUT2D eigenvalue weighted by molar-refractivity contribution is 5.03. The fraction of sp³-hybridized carbons (Fsp3) is 0.818. The highest BCUT2D eigenvalue weighted by atomic mass is 14.3. The van der Waals surface area contributed by atoms with Crippen molar-refractivity contribution in [3.05, 3.63) is 0 Å². The molecular formula is C11H20. The van der Waals surface area contributed by atoms with Crippen LogP contribution < -0.4 is 0 Å². The van der Waals surface area contributed by atoms with Gasteiger partial charge in [0, 0.05) is 5.41 Å². The summed E-state index contributed by atoms with van der Waals surface area (Å²) in [5.74, 6) is 2.88. The summed E-state index contributed by atoms with van der Waals surface area (Å²) in [7, 11) is 0. The van der Waals surface area contributed by atoms with Gasteiger partial charge in [-0.25, -0.2) is 0 Å². The summed E-state index contributed by atoms with van der Waals surface area (Å²) in [4.78, 5) is 0. The smallest absolute Gasteiger partial charge is 0.0284 e. The lowest BCUT2D eigenvalue weighted by Gasteiger charge is -2.27. The topological polar surface area (TPSA) is 0 Å². The third kappa shape index (κ3) is 3.46. The van der Waals surface area contributed by atoms with Crippen molar-refractivity contribution in [3.8, 4) is 12.3 Å². The van der Waals surface area contributed by atoms with Crippen LogP contribution in [0.2, 0.25) is 0 Å². The predicted octanol–water partition coefficient (Wildman–Crippen LogP) is 3.62. The Kier molecular flexibility index (Phi) is 5.03. The van der Waals surface area contributed by atoms with E-state index in [0.29, 0.717) is 0 Å². The van der Waals surface area contributed by atoms with E-state index in [9.17, 15) is 0 Å². The monoisotopic (exact) mass is 152 g/mol. The molecule has 0 unspecified atom stereocenters. The Morgan fingerprint density at radius 2 is 1.55 bits per heavy atom. The Morgan fingerprint density at radius 1 is 1.09 bits per heavy atom. The lowest BCUT2D eigenvalue weighted by atomic mass is 9.77. The van der Waals surface area contributed by atoms with Gasteiger partial charge in [0.05, 0.1) is 0 Å². The van der Waals surface area contributed by atoms with Crippen LogP contribution in [0.4, 0.5) is 0 Å². The number of hydrogen-bond acceptors (Lipinski definition) is 0. The van der Waals surface area contributed by atoms with Gasteiger partial charge in [-0.05, 0) is 19.8 Å². The molecule has 11 heavy (non-hydrogen) atoms. The SMILES string of the molecule is C#CC1(C)CCCCC1.CC. The zero-order valence-electron chi connectivity index (χ0n) is 8.11. The Morgan fingerprint density at radius 3 is 1.82 bits per heavy atom. The van der Waals surface area contributed by atoms with Crippen molar-refractivity contribution in [1.82, 2.24) is 0 Å². The van der Waals surface area contributed by atoms with E-state index < -0.39 is 0 Å². The lowest BCUT2D eigenvalue weighted by Crippen LogP contribution is -2.16. The van der Waals surface area contributed by atoms with E-state index in [1.54, 1.807) is 0 Å². The van der Waals surface area contributed by atoms with Gasteiger partial charge < -0.3 is 0 Å². The first-order valence-electron chi connectivity index (χ1n) is 4.75. The standard InChI is InChI=1S/C9H14.C2H6/c1-3-9(2)7-5-4-6-8-9;1-2/h1H,4-8H2,2H3;1-2H3. The summed E-state index contributed by atoms with van der Waals surface area (Å²) in [5, 5.41) is 0. The lowest BCUT2D eigenvalue weighted by molar-refractivity contribution is 0.300. The molecule has 0 aromatic heterocycles. The Hall–Kier alpha value is -0.440. The second-order valence-electron chi connectivity index (χ2n) is 3.27. The number of terminal acetylenes is 1. The van der Waals surface area contributed by atoms with Gasteiger partial charge in [0.1, 0.15) is 0 Å². The van der Waals surface area contributed by atoms with Crippen molar-refractivity contribution in [2.24, 2.45) is 5.41 Å². The molecule has 1 aliphatic rings. The molecule has 0 aromatic rings. The number of rotatable bonds is 0. The molecule has 0 aliphatic heterocycles. The molecule has 0 bridgehead atoms. The summed E-state index contributed by atoms with van der Waals surface area (Å²) < 4.78 is 0. The molecule has 0 atom stereocenters. The minimum Gasteiger partial charge on any atom is -0.120 e. The average molecular weight is 152 g/mol. The molecule has 1 rings (SSSR count). The second-order valence-corrected chi connectivity index (χ2v) is 3.27. The zero-order valence-corrected chi connectivity index (χ0v) is 8.11. The molecule has 0 amide bonds. The second kappa shape index (κ2) is 5.24. The van der Waals surface area contributed by atoms with Gasteiger partial charge in [-0.15, -0.1) is 12.3 Å². The van der Waals surface area contributed by atoms with Crippen molar-refractivity contribution >= 4 is 0 Å². The van der Waals surface area contributed by atoms with Crippen LogP contribution in [0.1, 0.15) is 52.9 Å². The highest BCUT2D eigenvalue weighted by Crippen LogP contribution is 2.34. The van der Waals surface area contributed by atoms with Crippen LogP contribution in [-0.2, 0) is 0 Å². The number of hydrogen-bond donors (Lipinski definition) is 0. The quantitative estimate of drug-likeness (QED) is 0.465. The molecule has 0 heteroatoms. The van der Waals surface area contributed by atoms with Gasteiger partial charge in [0.15, 0.2) is 0 Å². The van der Waals surface area contributed by atoms with Crippen LogP contribution in [0, 0.1) is 17.8 Å². The largest absolute Gasteiger partial charge is 0.120 e. The van der Waals surface area contributed by atoms with Gasteiger partial charge in [-0.2, -0.15) is 0 Å². The van der Waals surface area contributed by atoms with E-state index in [1.807, 2.05) is 13.8 Å². The molecule has 64 valence electrons. The maximum atomic E-state index is 5.39. The fourth-order valence-corrected chi connectivity index (χ4v) is 1.48. The summed E-state index contributed by atoms with van der Waals surface area (Å²) in [6, 6.07) is 0. The Bertz CT molecular complexity index is 121. The van der Waals surface area contributed by atoms with Gasteiger partial charge in [0.2, 0.25) is 0 Å². The van der Waals surface area contributed by atoms with E-state index in [1.165, 1.54) is 32.1 Å². The van der Waals surface area contributed by atoms with Gasteiger partial charge in [-0.3, -0.25) is 0 Å². The third-order valence-electron chi connectivity index (χ3n) is 2.31. The van der Waals surface area contributed by atoms with Crippen LogP contribution in [0.3, 0.4) is 0 Å². The van der Waals surface area contributed by atoms with E-state index in [4.69, 9.17) is 6.42 Å². The molecule has 1 fully saturated rings. The fourth-order valence-electron chi connectivity index (χ4n) is 1.48. The first-order chi connectivity index (χ1) is 5.27. The zero-order chi connectivity index (χ0) is 8.74. The summed E-state index contributed by atoms with van der Waals surface area (Å²) in [6.07, 6.45) is 11.9. The molecule has 0 saturated heterocycles. The first kappa shape index (κ1) is 10.6. The normalized spacial score (nSPS) is 20.9. The highest BCUT2D eigenvalue weighted by Gasteiger charge is 2.23. The molecule has 0 nitrogen and oxygen atoms in total. The van der Waals surface area contributed by atoms with Crippen molar-refractivity contribution in [3.63, 3.8) is 0 Å². The molecule has 0 radical (unpaired) electrons. The molecule has 0 aromatic carbocycles. The van der Waals surface area contributed by atoms with Gasteiger partial charge >= 0.3 is 0 Å². The molecular weight excluding hydrogens is 132 g/mol. The van der Waals surface area contributed by atoms with Crippen molar-refractivity contribution in [2.45, 2.75) is 52.9 Å². The van der Waals surface area contributed by atoms with E-state index in [0.717, 1.165) is 0 Å². The molecule has 1 saturated carbocycles. The van der Waals surface area contributed by atoms with Gasteiger partial charge in [0.25, 0.3) is 0 Å². The van der Waals surface area contributed by atoms with Crippen molar-refractivity contribution in [1.29, 1.82) is 0 Å². The minimum atomic E-state index is 0.248. The van der Waals surface area contributed by atoms with Gasteiger partial charge in [-0.1, -0.05) is 33.1 Å². The van der Waals surface area contributed by atoms with Crippen LogP contribution in [0.5, 0.6) is 0 Å². The Balaban J connectivity index is 0.000000461. The third-order valence-corrected chi connectivity index (χ3v) is 2.31. The summed E-state index contributed by atoms with van der Waals surface area (Å²) >= 11 is 0. The maximum Gasteiger partial charge on any atom is 0.0284 e. The van der Waals surface area contributed by atoms with Crippen LogP contribution in [0.25, 0.3) is 0 Å². The summed E-state index contributed by atoms with van der Waals surface area (Å²) in [5.41, 5.74) is 0.248.